The van der Waals surface area contributed by atoms with E-state index in [2.05, 4.69) is 15.9 Å². The Labute approximate surface area is 96.8 Å². The molecule has 0 radical (unpaired) electrons. The Hall–Kier alpha value is -0.440. The van der Waals surface area contributed by atoms with Crippen molar-refractivity contribution in [2.45, 2.75) is 30.5 Å². The van der Waals surface area contributed by atoms with E-state index >= 15 is 0 Å². The van der Waals surface area contributed by atoms with Gasteiger partial charge >= 0.3 is 0 Å². The van der Waals surface area contributed by atoms with Crippen molar-refractivity contribution < 1.29 is 8.78 Å². The van der Waals surface area contributed by atoms with Gasteiger partial charge in [0.15, 0.2) is 0 Å². The van der Waals surface area contributed by atoms with Gasteiger partial charge < -0.3 is 0 Å². The third-order valence-electron chi connectivity index (χ3n) is 2.92. The molecular formula is C12H13BrF2. The van der Waals surface area contributed by atoms with Crippen LogP contribution in [0.5, 0.6) is 0 Å². The van der Waals surface area contributed by atoms with Crippen LogP contribution < -0.4 is 0 Å². The molecule has 1 aliphatic rings. The van der Waals surface area contributed by atoms with E-state index in [1.807, 2.05) is 0 Å². The third kappa shape index (κ3) is 3.00. The average Bonchev–Trinajstić information content (AvgIpc) is 2.49. The first-order valence-corrected chi connectivity index (χ1v) is 6.14. The van der Waals surface area contributed by atoms with Gasteiger partial charge in [0.25, 0.3) is 0 Å². The smallest absolute Gasteiger partial charge is 0.126 e. The third-order valence-corrected chi connectivity index (χ3v) is 3.76. The highest BCUT2D eigenvalue weighted by atomic mass is 79.9. The summed E-state index contributed by atoms with van der Waals surface area (Å²) in [4.78, 5) is 0.584. The summed E-state index contributed by atoms with van der Waals surface area (Å²) >= 11 is 3.57. The predicted octanol–water partition coefficient (Wildman–Crippen LogP) is 4.07. The van der Waals surface area contributed by atoms with Gasteiger partial charge in [-0.2, -0.15) is 0 Å². The van der Waals surface area contributed by atoms with Gasteiger partial charge in [-0.3, -0.25) is 0 Å². The summed E-state index contributed by atoms with van der Waals surface area (Å²) in [5.41, 5.74) is 0.777. The Kier molecular flexibility index (Phi) is 3.39. The first kappa shape index (κ1) is 11.1. The van der Waals surface area contributed by atoms with Crippen LogP contribution in [0.2, 0.25) is 0 Å². The number of halogens is 3. The highest BCUT2D eigenvalue weighted by Gasteiger charge is 2.22. The van der Waals surface area contributed by atoms with E-state index in [9.17, 15) is 8.78 Å². The maximum atomic E-state index is 12.9. The fourth-order valence-electron chi connectivity index (χ4n) is 2.26. The molecule has 3 heteroatoms. The van der Waals surface area contributed by atoms with E-state index in [-0.39, 0.29) is 0 Å². The number of benzene rings is 1. The maximum absolute atomic E-state index is 12.9. The SMILES string of the molecule is Fc1cc(F)cc(CC2CCC(Br)C2)c1. The van der Waals surface area contributed by atoms with Crippen molar-refractivity contribution in [1.82, 2.24) is 0 Å². The zero-order chi connectivity index (χ0) is 10.8. The summed E-state index contributed by atoms with van der Waals surface area (Å²) in [6.07, 6.45) is 4.21. The fraction of sp³-hybridized carbons (Fsp3) is 0.500. The van der Waals surface area contributed by atoms with Crippen LogP contribution in [0.25, 0.3) is 0 Å². The topological polar surface area (TPSA) is 0 Å². The molecule has 2 atom stereocenters. The van der Waals surface area contributed by atoms with Crippen LogP contribution in [0.4, 0.5) is 8.78 Å². The number of hydrogen-bond acceptors (Lipinski definition) is 0. The van der Waals surface area contributed by atoms with Crippen LogP contribution in [-0.4, -0.2) is 4.83 Å². The zero-order valence-corrected chi connectivity index (χ0v) is 9.94. The largest absolute Gasteiger partial charge is 0.207 e. The standard InChI is InChI=1S/C12H13BrF2/c13-10-2-1-8(4-10)3-9-5-11(14)7-12(15)6-9/h5-8,10H,1-4H2. The van der Waals surface area contributed by atoms with Crippen molar-refractivity contribution in [3.63, 3.8) is 0 Å². The molecule has 15 heavy (non-hydrogen) atoms. The number of hydrogen-bond donors (Lipinski definition) is 0. The molecule has 0 aliphatic heterocycles. The first-order chi connectivity index (χ1) is 7.13. The van der Waals surface area contributed by atoms with Crippen LogP contribution in [0.15, 0.2) is 18.2 Å². The molecular weight excluding hydrogens is 262 g/mol. The molecule has 82 valence electrons. The van der Waals surface area contributed by atoms with Crippen molar-refractivity contribution in [3.8, 4) is 0 Å². The lowest BCUT2D eigenvalue weighted by atomic mass is 9.98. The van der Waals surface area contributed by atoms with Crippen LogP contribution in [0.1, 0.15) is 24.8 Å². The van der Waals surface area contributed by atoms with E-state index in [1.54, 1.807) is 0 Å². The number of rotatable bonds is 2. The van der Waals surface area contributed by atoms with E-state index in [4.69, 9.17) is 0 Å². The predicted molar refractivity (Wildman–Crippen MR) is 60.1 cm³/mol. The van der Waals surface area contributed by atoms with Gasteiger partial charge in [0, 0.05) is 10.9 Å². The summed E-state index contributed by atoms with van der Waals surface area (Å²) in [6, 6.07) is 3.79. The van der Waals surface area contributed by atoms with Gasteiger partial charge in [-0.05, 0) is 49.3 Å². The Balaban J connectivity index is 2.04. The monoisotopic (exact) mass is 274 g/mol. The maximum Gasteiger partial charge on any atom is 0.126 e. The van der Waals surface area contributed by atoms with Gasteiger partial charge in [-0.15, -0.1) is 0 Å². The Morgan fingerprint density at radius 3 is 2.33 bits per heavy atom. The van der Waals surface area contributed by atoms with Crippen molar-refractivity contribution in [1.29, 1.82) is 0 Å². The van der Waals surface area contributed by atoms with Crippen molar-refractivity contribution >= 4 is 15.9 Å². The minimum Gasteiger partial charge on any atom is -0.207 e. The van der Waals surface area contributed by atoms with E-state index < -0.39 is 11.6 Å². The van der Waals surface area contributed by atoms with Gasteiger partial charge in [0.1, 0.15) is 11.6 Å². The van der Waals surface area contributed by atoms with E-state index in [1.165, 1.54) is 18.6 Å². The molecule has 0 N–H and O–H groups in total. The van der Waals surface area contributed by atoms with Crippen LogP contribution in [0.3, 0.4) is 0 Å². The van der Waals surface area contributed by atoms with Gasteiger partial charge in [-0.25, -0.2) is 8.78 Å². The minimum atomic E-state index is -0.474. The van der Waals surface area contributed by atoms with Crippen LogP contribution >= 0.6 is 15.9 Å². The molecule has 1 aromatic carbocycles. The van der Waals surface area contributed by atoms with E-state index in [0.29, 0.717) is 10.7 Å². The normalized spacial score (nSPS) is 25.8. The lowest BCUT2D eigenvalue weighted by Gasteiger charge is -2.09. The van der Waals surface area contributed by atoms with Crippen molar-refractivity contribution in [2.24, 2.45) is 5.92 Å². The molecule has 2 rings (SSSR count). The highest BCUT2D eigenvalue weighted by molar-refractivity contribution is 9.09. The molecule has 0 bridgehead atoms. The summed E-state index contributed by atoms with van der Waals surface area (Å²) < 4.78 is 25.9. The Bertz CT molecular complexity index is 331. The van der Waals surface area contributed by atoms with E-state index in [0.717, 1.165) is 30.9 Å². The Morgan fingerprint density at radius 2 is 1.80 bits per heavy atom. The highest BCUT2D eigenvalue weighted by Crippen LogP contribution is 2.33. The van der Waals surface area contributed by atoms with Crippen molar-refractivity contribution in [3.05, 3.63) is 35.4 Å². The van der Waals surface area contributed by atoms with Gasteiger partial charge in [0.2, 0.25) is 0 Å². The second-order valence-corrected chi connectivity index (χ2v) is 5.55. The molecule has 1 aromatic rings. The lowest BCUT2D eigenvalue weighted by molar-refractivity contribution is 0.535. The summed E-state index contributed by atoms with van der Waals surface area (Å²) in [5, 5.41) is 0. The second-order valence-electron chi connectivity index (χ2n) is 4.26. The Morgan fingerprint density at radius 1 is 1.13 bits per heavy atom. The summed E-state index contributed by atoms with van der Waals surface area (Å²) in [7, 11) is 0. The van der Waals surface area contributed by atoms with Gasteiger partial charge in [-0.1, -0.05) is 15.9 Å². The lowest BCUT2D eigenvalue weighted by Crippen LogP contribution is -2.01. The quantitative estimate of drug-likeness (QED) is 0.714. The molecule has 1 aliphatic carbocycles. The number of alkyl halides is 1. The van der Waals surface area contributed by atoms with Crippen LogP contribution in [-0.2, 0) is 6.42 Å². The molecule has 0 amide bonds. The van der Waals surface area contributed by atoms with Gasteiger partial charge in [0.05, 0.1) is 0 Å². The molecule has 1 saturated carbocycles. The molecule has 1 fully saturated rings. The first-order valence-electron chi connectivity index (χ1n) is 5.22. The van der Waals surface area contributed by atoms with Crippen molar-refractivity contribution in [2.75, 3.05) is 0 Å². The molecule has 2 unspecified atom stereocenters. The zero-order valence-electron chi connectivity index (χ0n) is 8.35. The summed E-state index contributed by atoms with van der Waals surface area (Å²) in [6.45, 7) is 0. The summed E-state index contributed by atoms with van der Waals surface area (Å²) in [5.74, 6) is -0.382. The fourth-order valence-corrected chi connectivity index (χ4v) is 3.05. The average molecular weight is 275 g/mol. The molecule has 0 aromatic heterocycles. The molecule has 0 spiro atoms. The minimum absolute atomic E-state index is 0.474. The molecule has 0 nitrogen and oxygen atoms in total. The molecule has 0 heterocycles. The van der Waals surface area contributed by atoms with Crippen LogP contribution in [0, 0.1) is 17.6 Å². The second kappa shape index (κ2) is 4.60. The molecule has 0 saturated heterocycles.